The number of nitrogens with two attached hydrogens (primary N) is 1. The van der Waals surface area contributed by atoms with Gasteiger partial charge in [0.15, 0.2) is 34.7 Å². The summed E-state index contributed by atoms with van der Waals surface area (Å²) in [6.45, 7) is 0.652. The first-order valence-corrected chi connectivity index (χ1v) is 11.8. The highest BCUT2D eigenvalue weighted by Crippen LogP contribution is 2.51. The molecule has 0 bridgehead atoms. The number of aliphatic hydroxyl groups is 1. The molecule has 0 aromatic heterocycles. The lowest BCUT2D eigenvalue weighted by atomic mass is 9.52. The molecule has 3 aliphatic rings. The number of carbonyl (C=O) groups excluding carboxylic acids is 5. The topological polar surface area (TPSA) is 158 Å². The molecule has 0 spiro atoms. The van der Waals surface area contributed by atoms with E-state index >= 15 is 0 Å². The number of aromatic hydroxyl groups is 1. The second-order valence-corrected chi connectivity index (χ2v) is 10.5. The first kappa shape index (κ1) is 25.9. The molecule has 1 aromatic rings. The second-order valence-electron chi connectivity index (χ2n) is 10.5. The average Bonchev–Trinajstić information content (AvgIpc) is 2.77. The van der Waals surface area contributed by atoms with E-state index in [-0.39, 0.29) is 24.2 Å². The molecule has 192 valence electrons. The molecule has 2 fully saturated rings. The number of phenolic OH excluding ortho intramolecular Hbond substituents is 1. The maximum Gasteiger partial charge on any atom is 0.235 e. The van der Waals surface area contributed by atoms with Gasteiger partial charge in [0.2, 0.25) is 5.91 Å². The standard InChI is InChI=1S/C26H31N3O7/c1-28(2)9-5-6-12-7-8-16(30)18-14(12)10-13-11-15-20(29(3)4)22(32)19(25(27)35)24(34)26(15,36)23(33)17(13)21(18)31/h5-8,13,15,17,19-20,30,36H,9-11H2,1-4H3,(H2,27,35)/b6-5+/t13-,15-,17?,19?,20+,26-/m0/s1. The van der Waals surface area contributed by atoms with Crippen LogP contribution in [0.4, 0.5) is 0 Å². The van der Waals surface area contributed by atoms with Crippen LogP contribution in [0.2, 0.25) is 0 Å². The van der Waals surface area contributed by atoms with E-state index in [9.17, 15) is 34.2 Å². The lowest BCUT2D eigenvalue weighted by molar-refractivity contribution is -0.181. The molecule has 0 radical (unpaired) electrons. The Hall–Kier alpha value is -3.21. The molecule has 10 heteroatoms. The average molecular weight is 498 g/mol. The Labute approximate surface area is 208 Å². The number of hydrogen-bond donors (Lipinski definition) is 3. The number of carbonyl (C=O) groups is 5. The number of nitrogens with zero attached hydrogens (tertiary/aromatic N) is 2. The van der Waals surface area contributed by atoms with Crippen molar-refractivity contribution >= 4 is 35.1 Å². The minimum Gasteiger partial charge on any atom is -0.507 e. The number of Topliss-reactive ketones (excluding diaryl/α,β-unsaturated/α-hetero) is 4. The molecule has 4 rings (SSSR count). The Morgan fingerprint density at radius 2 is 1.81 bits per heavy atom. The van der Waals surface area contributed by atoms with Gasteiger partial charge in [-0.15, -0.1) is 0 Å². The predicted octanol–water partition coefficient (Wildman–Crippen LogP) is -0.558. The third-order valence-corrected chi connectivity index (χ3v) is 7.75. The van der Waals surface area contributed by atoms with Gasteiger partial charge in [0, 0.05) is 12.5 Å². The summed E-state index contributed by atoms with van der Waals surface area (Å²) in [6, 6.07) is 1.96. The minimum absolute atomic E-state index is 0.00593. The van der Waals surface area contributed by atoms with E-state index in [1.54, 1.807) is 20.2 Å². The Balaban J connectivity index is 1.83. The zero-order chi connectivity index (χ0) is 26.7. The van der Waals surface area contributed by atoms with Crippen LogP contribution in [0.15, 0.2) is 18.2 Å². The molecule has 0 saturated heterocycles. The molecule has 2 unspecified atom stereocenters. The molecule has 36 heavy (non-hydrogen) atoms. The molecular weight excluding hydrogens is 466 g/mol. The van der Waals surface area contributed by atoms with Crippen LogP contribution in [-0.2, 0) is 25.6 Å². The van der Waals surface area contributed by atoms with Gasteiger partial charge >= 0.3 is 0 Å². The van der Waals surface area contributed by atoms with Crippen LogP contribution < -0.4 is 5.73 Å². The monoisotopic (exact) mass is 497 g/mol. The molecule has 6 atom stereocenters. The van der Waals surface area contributed by atoms with Gasteiger partial charge in [0.05, 0.1) is 17.5 Å². The van der Waals surface area contributed by atoms with Crippen molar-refractivity contribution in [2.75, 3.05) is 34.7 Å². The first-order chi connectivity index (χ1) is 16.8. The van der Waals surface area contributed by atoms with Crippen molar-refractivity contribution in [1.82, 2.24) is 9.80 Å². The van der Waals surface area contributed by atoms with Gasteiger partial charge in [-0.1, -0.05) is 18.2 Å². The Morgan fingerprint density at radius 3 is 2.39 bits per heavy atom. The van der Waals surface area contributed by atoms with Crippen molar-refractivity contribution in [1.29, 1.82) is 0 Å². The van der Waals surface area contributed by atoms with Gasteiger partial charge in [-0.3, -0.25) is 28.9 Å². The lowest BCUT2D eigenvalue weighted by Crippen LogP contribution is -2.74. The second kappa shape index (κ2) is 9.02. The van der Waals surface area contributed by atoms with Crippen LogP contribution in [0.3, 0.4) is 0 Å². The number of rotatable bonds is 5. The first-order valence-electron chi connectivity index (χ1n) is 11.8. The number of likely N-dealkylation sites (N-methyl/N-ethyl adjacent to an activating group) is 2. The van der Waals surface area contributed by atoms with Crippen molar-refractivity contribution in [3.63, 3.8) is 0 Å². The van der Waals surface area contributed by atoms with Crippen LogP contribution in [0.25, 0.3) is 6.08 Å². The minimum atomic E-state index is -2.71. The SMILES string of the molecule is CN(C)C/C=C/c1ccc(O)c2c1C[C@H]1C[C@H]3[C@@H](N(C)C)C(=O)C(C(N)=O)C(=O)[C@@]3(O)C(=O)C1C2=O. The number of hydrogen-bond acceptors (Lipinski definition) is 9. The summed E-state index contributed by atoms with van der Waals surface area (Å²) < 4.78 is 0. The highest BCUT2D eigenvalue weighted by Gasteiger charge is 2.69. The highest BCUT2D eigenvalue weighted by atomic mass is 16.3. The normalized spacial score (nSPS) is 32.1. The smallest absolute Gasteiger partial charge is 0.235 e. The number of amides is 1. The van der Waals surface area contributed by atoms with Gasteiger partial charge in [0.1, 0.15) is 5.75 Å². The van der Waals surface area contributed by atoms with E-state index in [1.165, 1.54) is 11.0 Å². The summed E-state index contributed by atoms with van der Waals surface area (Å²) in [5.74, 6) is -10.4. The van der Waals surface area contributed by atoms with Gasteiger partial charge in [-0.2, -0.15) is 0 Å². The zero-order valence-electron chi connectivity index (χ0n) is 20.7. The van der Waals surface area contributed by atoms with Gasteiger partial charge in [0.25, 0.3) is 0 Å². The van der Waals surface area contributed by atoms with E-state index in [0.29, 0.717) is 12.1 Å². The largest absolute Gasteiger partial charge is 0.507 e. The van der Waals surface area contributed by atoms with Crippen LogP contribution in [-0.4, -0.2) is 95.4 Å². The van der Waals surface area contributed by atoms with E-state index < -0.39 is 64.4 Å². The van der Waals surface area contributed by atoms with E-state index in [0.717, 1.165) is 5.56 Å². The van der Waals surface area contributed by atoms with E-state index in [2.05, 4.69) is 0 Å². The number of ketones is 4. The third-order valence-electron chi connectivity index (χ3n) is 7.75. The summed E-state index contributed by atoms with van der Waals surface area (Å²) in [7, 11) is 6.94. The van der Waals surface area contributed by atoms with Gasteiger partial charge in [-0.05, 0) is 64.1 Å². The van der Waals surface area contributed by atoms with Crippen LogP contribution >= 0.6 is 0 Å². The molecule has 0 heterocycles. The van der Waals surface area contributed by atoms with Gasteiger partial charge < -0.3 is 20.8 Å². The van der Waals surface area contributed by atoms with Crippen molar-refractivity contribution in [2.24, 2.45) is 29.4 Å². The van der Waals surface area contributed by atoms with Gasteiger partial charge in [-0.25, -0.2) is 0 Å². The summed E-state index contributed by atoms with van der Waals surface area (Å²) in [5, 5.41) is 22.1. The zero-order valence-corrected chi connectivity index (χ0v) is 20.7. The van der Waals surface area contributed by atoms with Crippen LogP contribution in [0.5, 0.6) is 5.75 Å². The summed E-state index contributed by atoms with van der Waals surface area (Å²) >= 11 is 0. The maximum atomic E-state index is 13.8. The van der Waals surface area contributed by atoms with Crippen molar-refractivity contribution < 1.29 is 34.2 Å². The van der Waals surface area contributed by atoms with Crippen molar-refractivity contribution in [3.8, 4) is 5.75 Å². The molecule has 0 aliphatic heterocycles. The van der Waals surface area contributed by atoms with Crippen LogP contribution in [0, 0.1) is 23.7 Å². The summed E-state index contributed by atoms with van der Waals surface area (Å²) in [5.41, 5.74) is 3.91. The molecule has 1 aromatic carbocycles. The Morgan fingerprint density at radius 1 is 1.14 bits per heavy atom. The summed E-state index contributed by atoms with van der Waals surface area (Å²) in [4.78, 5) is 69.2. The van der Waals surface area contributed by atoms with Crippen LogP contribution in [0.1, 0.15) is 27.9 Å². The number of fused-ring (bicyclic) bond motifs is 3. The summed E-state index contributed by atoms with van der Waals surface area (Å²) in [6.07, 6.45) is 4.03. The number of phenols is 1. The third kappa shape index (κ3) is 3.71. The predicted molar refractivity (Wildman–Crippen MR) is 129 cm³/mol. The lowest BCUT2D eigenvalue weighted by Gasteiger charge is -2.52. The Kier molecular flexibility index (Phi) is 6.48. The van der Waals surface area contributed by atoms with Crippen molar-refractivity contribution in [2.45, 2.75) is 24.5 Å². The quantitative estimate of drug-likeness (QED) is 0.454. The molecule has 3 aliphatic carbocycles. The fraction of sp³-hybridized carbons (Fsp3) is 0.500. The maximum absolute atomic E-state index is 13.8. The number of benzene rings is 1. The van der Waals surface area contributed by atoms with E-state index in [1.807, 2.05) is 31.1 Å². The molecule has 1 amide bonds. The van der Waals surface area contributed by atoms with Crippen molar-refractivity contribution in [3.05, 3.63) is 34.9 Å². The fourth-order valence-corrected chi connectivity index (χ4v) is 6.18. The molecule has 10 nitrogen and oxygen atoms in total. The number of primary amides is 1. The Bertz CT molecular complexity index is 1200. The highest BCUT2D eigenvalue weighted by molar-refractivity contribution is 6.32. The molecule has 2 saturated carbocycles. The fourth-order valence-electron chi connectivity index (χ4n) is 6.18. The molecule has 4 N–H and O–H groups in total. The van der Waals surface area contributed by atoms with E-state index in [4.69, 9.17) is 5.73 Å². The molecular formula is C26H31N3O7.